The molecule has 32 heavy (non-hydrogen) atoms. The van der Waals surface area contributed by atoms with E-state index < -0.39 is 39.6 Å². The third kappa shape index (κ3) is 12.8. The maximum absolute atomic E-state index is 12.5. The van der Waals surface area contributed by atoms with E-state index in [2.05, 4.69) is 24.5 Å². The fourth-order valence-corrected chi connectivity index (χ4v) is 5.55. The van der Waals surface area contributed by atoms with Crippen LogP contribution in [0.3, 0.4) is 0 Å². The predicted octanol–water partition coefficient (Wildman–Crippen LogP) is 3.35. The summed E-state index contributed by atoms with van der Waals surface area (Å²) in [6.07, 6.45) is 9.83. The molecule has 0 aromatic heterocycles. The van der Waals surface area contributed by atoms with Crippen LogP contribution in [0.15, 0.2) is 0 Å². The summed E-state index contributed by atoms with van der Waals surface area (Å²) >= 11 is 0. The van der Waals surface area contributed by atoms with Gasteiger partial charge < -0.3 is 15.7 Å². The highest BCUT2D eigenvalue weighted by Gasteiger charge is 2.28. The highest BCUT2D eigenvalue weighted by molar-refractivity contribution is 7.92. The SMILES string of the molecule is CCCCNC(=O)C(C)CC(O)C1C[C@H](C)CCCCCCCCCS(=O)(=O)CC(=O)N1. The minimum absolute atomic E-state index is 0.0268. The quantitative estimate of drug-likeness (QED) is 0.490. The van der Waals surface area contributed by atoms with Gasteiger partial charge in [0.2, 0.25) is 11.8 Å². The summed E-state index contributed by atoms with van der Waals surface area (Å²) in [5, 5.41) is 16.5. The lowest BCUT2D eigenvalue weighted by Crippen LogP contribution is -2.47. The summed E-state index contributed by atoms with van der Waals surface area (Å²) in [6.45, 7) is 6.55. The van der Waals surface area contributed by atoms with Gasteiger partial charge >= 0.3 is 0 Å². The van der Waals surface area contributed by atoms with Crippen molar-refractivity contribution in [2.45, 2.75) is 110 Å². The van der Waals surface area contributed by atoms with Gasteiger partial charge in [-0.25, -0.2) is 8.42 Å². The monoisotopic (exact) mass is 474 g/mol. The Balaban J connectivity index is 2.80. The number of nitrogens with one attached hydrogen (secondary N) is 2. The Bertz CT molecular complexity index is 653. The molecule has 0 saturated carbocycles. The third-order valence-electron chi connectivity index (χ3n) is 6.34. The van der Waals surface area contributed by atoms with Crippen LogP contribution in [0.2, 0.25) is 0 Å². The van der Waals surface area contributed by atoms with E-state index in [-0.39, 0.29) is 24.0 Å². The van der Waals surface area contributed by atoms with Crippen molar-refractivity contribution in [3.05, 3.63) is 0 Å². The van der Waals surface area contributed by atoms with Gasteiger partial charge in [0.05, 0.1) is 17.9 Å². The summed E-state index contributed by atoms with van der Waals surface area (Å²) in [7, 11) is -3.47. The molecule has 1 rings (SSSR count). The zero-order valence-corrected chi connectivity index (χ0v) is 21.2. The molecule has 0 spiro atoms. The lowest BCUT2D eigenvalue weighted by molar-refractivity contribution is -0.125. The number of unbranched alkanes of at least 4 members (excludes halogenated alkanes) is 1. The van der Waals surface area contributed by atoms with Crippen LogP contribution in [0.4, 0.5) is 0 Å². The number of carbonyl (C=O) groups is 2. The van der Waals surface area contributed by atoms with E-state index in [4.69, 9.17) is 0 Å². The summed E-state index contributed by atoms with van der Waals surface area (Å²) in [6, 6.07) is -0.563. The standard InChI is InChI=1S/C24H46N2O5S/c1-4-5-14-25-24(29)20(3)17-22(27)21-16-19(2)13-11-9-7-6-8-10-12-15-32(30,31)18-23(28)26-21/h19-22,27H,4-18H2,1-3H3,(H,25,29)(H,26,28)/t19-,20?,21?,22?/m1/s1. The van der Waals surface area contributed by atoms with E-state index in [1.54, 1.807) is 6.92 Å². The van der Waals surface area contributed by atoms with Crippen molar-refractivity contribution in [3.63, 3.8) is 0 Å². The van der Waals surface area contributed by atoms with Crippen LogP contribution < -0.4 is 10.6 Å². The molecule has 0 radical (unpaired) electrons. The highest BCUT2D eigenvalue weighted by Crippen LogP contribution is 2.21. The topological polar surface area (TPSA) is 113 Å². The number of carbonyl (C=O) groups excluding carboxylic acids is 2. The molecule has 4 atom stereocenters. The van der Waals surface area contributed by atoms with Crippen molar-refractivity contribution >= 4 is 21.7 Å². The minimum atomic E-state index is -3.47. The van der Waals surface area contributed by atoms with E-state index in [0.717, 1.165) is 57.8 Å². The van der Waals surface area contributed by atoms with Crippen molar-refractivity contribution in [2.75, 3.05) is 18.1 Å². The number of hydrogen-bond acceptors (Lipinski definition) is 5. The maximum atomic E-state index is 12.5. The van der Waals surface area contributed by atoms with Crippen LogP contribution in [-0.4, -0.2) is 55.5 Å². The fraction of sp³-hybridized carbons (Fsp3) is 0.917. The van der Waals surface area contributed by atoms with Gasteiger partial charge in [0.15, 0.2) is 9.84 Å². The lowest BCUT2D eigenvalue weighted by Gasteiger charge is -2.28. The molecule has 3 unspecified atom stereocenters. The Morgan fingerprint density at radius 1 is 1.16 bits per heavy atom. The molecule has 1 aliphatic rings. The summed E-state index contributed by atoms with van der Waals surface area (Å²) in [5.74, 6) is -1.29. The largest absolute Gasteiger partial charge is 0.391 e. The second kappa shape index (κ2) is 15.6. The van der Waals surface area contributed by atoms with Gasteiger partial charge in [-0.3, -0.25) is 9.59 Å². The van der Waals surface area contributed by atoms with E-state index in [9.17, 15) is 23.1 Å². The Labute approximate surface area is 195 Å². The first-order chi connectivity index (χ1) is 15.1. The molecular weight excluding hydrogens is 428 g/mol. The van der Waals surface area contributed by atoms with Gasteiger partial charge in [-0.1, -0.05) is 72.1 Å². The van der Waals surface area contributed by atoms with Crippen molar-refractivity contribution in [2.24, 2.45) is 11.8 Å². The molecule has 0 aromatic carbocycles. The third-order valence-corrected chi connectivity index (χ3v) is 7.96. The molecule has 1 fully saturated rings. The Morgan fingerprint density at radius 2 is 1.78 bits per heavy atom. The molecule has 188 valence electrons. The molecule has 1 aliphatic heterocycles. The number of aliphatic hydroxyl groups is 1. The van der Waals surface area contributed by atoms with Crippen LogP contribution in [0, 0.1) is 11.8 Å². The molecule has 1 saturated heterocycles. The zero-order valence-electron chi connectivity index (χ0n) is 20.4. The Kier molecular flexibility index (Phi) is 14.1. The molecule has 2 amide bonds. The van der Waals surface area contributed by atoms with E-state index in [1.165, 1.54) is 0 Å². The smallest absolute Gasteiger partial charge is 0.235 e. The van der Waals surface area contributed by atoms with Gasteiger partial charge in [-0.05, 0) is 31.6 Å². The summed E-state index contributed by atoms with van der Waals surface area (Å²) in [5.41, 5.74) is 0. The van der Waals surface area contributed by atoms with E-state index in [1.807, 2.05) is 0 Å². The molecule has 0 aliphatic carbocycles. The van der Waals surface area contributed by atoms with Crippen molar-refractivity contribution < 1.29 is 23.1 Å². The number of sulfone groups is 1. The molecule has 7 nitrogen and oxygen atoms in total. The van der Waals surface area contributed by atoms with Crippen molar-refractivity contribution in [1.82, 2.24) is 10.6 Å². The average molecular weight is 475 g/mol. The van der Waals surface area contributed by atoms with Crippen LogP contribution in [0.5, 0.6) is 0 Å². The van der Waals surface area contributed by atoms with Gasteiger partial charge in [0.25, 0.3) is 0 Å². The first-order valence-corrected chi connectivity index (χ1v) is 14.4. The Hall–Kier alpha value is -1.15. The molecule has 0 aromatic rings. The second-order valence-electron chi connectivity index (χ2n) is 9.72. The summed E-state index contributed by atoms with van der Waals surface area (Å²) < 4.78 is 24.7. The maximum Gasteiger partial charge on any atom is 0.235 e. The average Bonchev–Trinajstić information content (AvgIpc) is 2.70. The molecule has 3 N–H and O–H groups in total. The fourth-order valence-electron chi connectivity index (χ4n) is 4.28. The Morgan fingerprint density at radius 3 is 2.44 bits per heavy atom. The number of hydrogen-bond donors (Lipinski definition) is 3. The highest BCUT2D eigenvalue weighted by atomic mass is 32.2. The van der Waals surface area contributed by atoms with Crippen LogP contribution >= 0.6 is 0 Å². The van der Waals surface area contributed by atoms with E-state index >= 15 is 0 Å². The molecule has 8 heteroatoms. The van der Waals surface area contributed by atoms with Crippen molar-refractivity contribution in [1.29, 1.82) is 0 Å². The van der Waals surface area contributed by atoms with Crippen LogP contribution in [-0.2, 0) is 19.4 Å². The van der Waals surface area contributed by atoms with Crippen molar-refractivity contribution in [3.8, 4) is 0 Å². The first-order valence-electron chi connectivity index (χ1n) is 12.6. The number of amides is 2. The second-order valence-corrected chi connectivity index (χ2v) is 11.9. The van der Waals surface area contributed by atoms with Gasteiger partial charge in [-0.15, -0.1) is 0 Å². The normalized spacial score (nSPS) is 25.9. The molecule has 0 bridgehead atoms. The molecule has 1 heterocycles. The van der Waals surface area contributed by atoms with Gasteiger partial charge in [0, 0.05) is 12.5 Å². The first kappa shape index (κ1) is 28.9. The number of rotatable bonds is 7. The van der Waals surface area contributed by atoms with Gasteiger partial charge in [-0.2, -0.15) is 0 Å². The summed E-state index contributed by atoms with van der Waals surface area (Å²) in [4.78, 5) is 24.8. The van der Waals surface area contributed by atoms with Gasteiger partial charge in [0.1, 0.15) is 5.75 Å². The molecular formula is C24H46N2O5S. The van der Waals surface area contributed by atoms with Crippen LogP contribution in [0.25, 0.3) is 0 Å². The zero-order chi connectivity index (χ0) is 24.0. The predicted molar refractivity (Wildman–Crippen MR) is 129 cm³/mol. The lowest BCUT2D eigenvalue weighted by atomic mass is 9.89. The minimum Gasteiger partial charge on any atom is -0.391 e. The van der Waals surface area contributed by atoms with E-state index in [0.29, 0.717) is 19.4 Å². The number of aliphatic hydroxyl groups excluding tert-OH is 1. The van der Waals surface area contributed by atoms with Crippen LogP contribution in [0.1, 0.15) is 97.8 Å².